The van der Waals surface area contributed by atoms with E-state index in [9.17, 15) is 9.59 Å². The topological polar surface area (TPSA) is 116 Å². The Kier molecular flexibility index (Phi) is 11.1. The van der Waals surface area contributed by atoms with Crippen LogP contribution in [0.25, 0.3) is 0 Å². The lowest BCUT2D eigenvalue weighted by molar-refractivity contribution is -0.118. The van der Waals surface area contributed by atoms with Gasteiger partial charge in [-0.25, -0.2) is 0 Å². The summed E-state index contributed by atoms with van der Waals surface area (Å²) in [6.07, 6.45) is 2.25. The normalized spacial score (nSPS) is 7.60. The van der Waals surface area contributed by atoms with Crippen molar-refractivity contribution in [1.82, 2.24) is 10.6 Å². The molecule has 0 aromatic heterocycles. The zero-order valence-corrected chi connectivity index (χ0v) is 8.74. The van der Waals surface area contributed by atoms with E-state index in [1.54, 1.807) is 0 Å². The molecule has 0 unspecified atom stereocenters. The van der Waals surface area contributed by atoms with Crippen molar-refractivity contribution in [3.05, 3.63) is 25.3 Å². The van der Waals surface area contributed by atoms with Crippen molar-refractivity contribution in [1.29, 1.82) is 0 Å². The molecule has 0 aliphatic heterocycles. The first kappa shape index (κ1) is 15.9. The van der Waals surface area contributed by atoms with Crippen molar-refractivity contribution in [2.75, 3.05) is 6.67 Å². The van der Waals surface area contributed by atoms with Gasteiger partial charge in [-0.1, -0.05) is 13.2 Å². The average Bonchev–Trinajstić information content (AvgIpc) is 2.16. The van der Waals surface area contributed by atoms with Crippen molar-refractivity contribution in [2.24, 2.45) is 0 Å². The monoisotopic (exact) mass is 235 g/mol. The number of nitrogens with one attached hydrogen (secondary N) is 2. The van der Waals surface area contributed by atoms with Gasteiger partial charge in [-0.2, -0.15) is 0 Å². The van der Waals surface area contributed by atoms with Gasteiger partial charge in [-0.05, 0) is 12.2 Å². The lowest BCUT2D eigenvalue weighted by atomic mass is 10.5. The van der Waals surface area contributed by atoms with Crippen molar-refractivity contribution in [2.45, 2.75) is 0 Å². The summed E-state index contributed by atoms with van der Waals surface area (Å²) in [5.41, 5.74) is 0. The number of hydrogen-bond donors (Lipinski definition) is 4. The summed E-state index contributed by atoms with van der Waals surface area (Å²) >= 11 is 0. The summed E-state index contributed by atoms with van der Waals surface area (Å²) in [6, 6.07) is 0. The van der Waals surface area contributed by atoms with E-state index in [2.05, 4.69) is 23.8 Å². The van der Waals surface area contributed by atoms with E-state index in [4.69, 9.17) is 14.4 Å². The largest absolute Gasteiger partial charge is 0.692 e. The molecule has 0 aliphatic carbocycles. The van der Waals surface area contributed by atoms with E-state index in [1.807, 2.05) is 0 Å². The number of amides is 2. The second-order valence-electron chi connectivity index (χ2n) is 1.92. The van der Waals surface area contributed by atoms with E-state index >= 15 is 0 Å². The number of carbonyl (C=O) groups is 2. The van der Waals surface area contributed by atoms with Crippen LogP contribution in [0.1, 0.15) is 0 Å². The summed E-state index contributed by atoms with van der Waals surface area (Å²) in [5, 5.41) is 4.72. The molecule has 0 atom stereocenters. The van der Waals surface area contributed by atoms with Crippen LogP contribution in [-0.4, -0.2) is 28.3 Å². The number of hydrogen-bond acceptors (Lipinski definition) is 3. The van der Waals surface area contributed by atoms with E-state index < -0.39 is 8.25 Å². The molecule has 0 aromatic carbocycles. The van der Waals surface area contributed by atoms with Gasteiger partial charge in [0.15, 0.2) is 0 Å². The molecule has 2 amide bonds. The number of rotatable bonds is 4. The molecule has 0 heterocycles. The molecule has 0 bridgehead atoms. The van der Waals surface area contributed by atoms with E-state index in [1.165, 1.54) is 0 Å². The minimum Gasteiger partial charge on any atom is -0.335 e. The standard InChI is InChI=1S/C7H10N2O2.HO3P/c1-3-6(10)8-5-9-7(11)4-2;1-4(2)3/h3-4H,1-2,5H2,(H,8,10)(H,9,11);(H-,1,2,3)/p+1. The highest BCUT2D eigenvalue weighted by Crippen LogP contribution is 1.98. The number of carbonyl (C=O) groups excluding carboxylic acids is 2. The fraction of sp³-hybridized carbons (Fsp3) is 0.143. The minimum absolute atomic E-state index is 0.0930. The lowest BCUT2D eigenvalue weighted by Crippen LogP contribution is -2.35. The second kappa shape index (κ2) is 10.5. The molecule has 0 spiro atoms. The molecule has 0 aliphatic rings. The van der Waals surface area contributed by atoms with E-state index in [0.717, 1.165) is 12.2 Å². The molecule has 0 rings (SSSR count). The van der Waals surface area contributed by atoms with Crippen molar-refractivity contribution < 1.29 is 23.9 Å². The Labute approximate surface area is 87.4 Å². The van der Waals surface area contributed by atoms with Crippen LogP contribution < -0.4 is 10.6 Å². The van der Waals surface area contributed by atoms with Gasteiger partial charge in [0.2, 0.25) is 11.8 Å². The van der Waals surface area contributed by atoms with Crippen LogP contribution in [0.4, 0.5) is 0 Å². The highest BCUT2D eigenvalue weighted by Gasteiger charge is 1.93. The van der Waals surface area contributed by atoms with Crippen molar-refractivity contribution in [3.8, 4) is 0 Å². The molecule has 7 nitrogen and oxygen atoms in total. The predicted octanol–water partition coefficient (Wildman–Crippen LogP) is -0.823. The molecular formula is C7H12N2O5P+. The Morgan fingerprint density at radius 3 is 1.60 bits per heavy atom. The van der Waals surface area contributed by atoms with Gasteiger partial charge in [-0.3, -0.25) is 9.59 Å². The lowest BCUT2D eigenvalue weighted by Gasteiger charge is -2.01. The van der Waals surface area contributed by atoms with Gasteiger partial charge in [0.05, 0.1) is 6.67 Å². The first-order chi connectivity index (χ1) is 6.93. The zero-order valence-electron chi connectivity index (χ0n) is 7.84. The van der Waals surface area contributed by atoms with Gasteiger partial charge < -0.3 is 10.6 Å². The van der Waals surface area contributed by atoms with Crippen LogP contribution in [0.3, 0.4) is 0 Å². The fourth-order valence-electron chi connectivity index (χ4n) is 0.363. The smallest absolute Gasteiger partial charge is 0.335 e. The SMILES string of the molecule is C=CC(=O)NCNC(=O)C=C.O=[P+](O)O. The molecular weight excluding hydrogens is 223 g/mol. The van der Waals surface area contributed by atoms with Gasteiger partial charge in [0.1, 0.15) is 0 Å². The zero-order chi connectivity index (χ0) is 12.3. The van der Waals surface area contributed by atoms with Crippen LogP contribution >= 0.6 is 8.25 Å². The quantitative estimate of drug-likeness (QED) is 0.288. The summed E-state index contributed by atoms with van der Waals surface area (Å²) in [7, 11) is -2.87. The maximum Gasteiger partial charge on any atom is 0.692 e. The Bertz CT molecular complexity index is 242. The predicted molar refractivity (Wildman–Crippen MR) is 53.6 cm³/mol. The Morgan fingerprint density at radius 2 is 1.40 bits per heavy atom. The highest BCUT2D eigenvalue weighted by atomic mass is 31.1. The maximum atomic E-state index is 10.5. The van der Waals surface area contributed by atoms with Gasteiger partial charge >= 0.3 is 8.25 Å². The van der Waals surface area contributed by atoms with E-state index in [0.29, 0.717) is 0 Å². The molecule has 0 saturated carbocycles. The fourth-order valence-corrected chi connectivity index (χ4v) is 0.363. The maximum absolute atomic E-state index is 10.5. The summed E-state index contributed by atoms with van der Waals surface area (Å²) in [6.45, 7) is 6.56. The van der Waals surface area contributed by atoms with Gasteiger partial charge in [-0.15, -0.1) is 9.79 Å². The van der Waals surface area contributed by atoms with Crippen LogP contribution in [0, 0.1) is 0 Å². The first-order valence-electron chi connectivity index (χ1n) is 3.59. The molecule has 0 radical (unpaired) electrons. The molecule has 0 saturated heterocycles. The van der Waals surface area contributed by atoms with Gasteiger partial charge in [0, 0.05) is 4.57 Å². The Balaban J connectivity index is 0. The van der Waals surface area contributed by atoms with Crippen molar-refractivity contribution >= 4 is 20.1 Å². The first-order valence-corrected chi connectivity index (χ1v) is 4.76. The van der Waals surface area contributed by atoms with Crippen LogP contribution in [-0.2, 0) is 14.2 Å². The third-order valence-corrected chi connectivity index (χ3v) is 0.896. The van der Waals surface area contributed by atoms with Crippen LogP contribution in [0.15, 0.2) is 25.3 Å². The summed E-state index contributed by atoms with van der Waals surface area (Å²) < 4.78 is 8.70. The summed E-state index contributed by atoms with van der Waals surface area (Å²) in [5.74, 6) is -0.649. The average molecular weight is 235 g/mol. The van der Waals surface area contributed by atoms with Crippen LogP contribution in [0.2, 0.25) is 0 Å². The Morgan fingerprint density at radius 1 is 1.13 bits per heavy atom. The molecule has 0 aromatic rings. The molecule has 8 heteroatoms. The molecule has 84 valence electrons. The Hall–Kier alpha value is -1.56. The third kappa shape index (κ3) is 19.0. The molecule has 15 heavy (non-hydrogen) atoms. The molecule has 0 fully saturated rings. The van der Waals surface area contributed by atoms with E-state index in [-0.39, 0.29) is 18.5 Å². The highest BCUT2D eigenvalue weighted by molar-refractivity contribution is 7.30. The van der Waals surface area contributed by atoms with Crippen LogP contribution in [0.5, 0.6) is 0 Å². The van der Waals surface area contributed by atoms with Crippen molar-refractivity contribution in [3.63, 3.8) is 0 Å². The minimum atomic E-state index is -2.87. The van der Waals surface area contributed by atoms with Gasteiger partial charge in [0.25, 0.3) is 0 Å². The molecule has 4 N–H and O–H groups in total. The summed E-state index contributed by atoms with van der Waals surface area (Å²) in [4.78, 5) is 35.2. The third-order valence-electron chi connectivity index (χ3n) is 0.896. The second-order valence-corrected chi connectivity index (χ2v) is 2.43.